The lowest BCUT2D eigenvalue weighted by Crippen LogP contribution is -2.43. The first kappa shape index (κ1) is 11.9. The van der Waals surface area contributed by atoms with Crippen molar-refractivity contribution in [2.75, 3.05) is 39.1 Å². The summed E-state index contributed by atoms with van der Waals surface area (Å²) in [6.07, 6.45) is 5.66. The van der Waals surface area contributed by atoms with Gasteiger partial charge in [-0.3, -0.25) is 0 Å². The Morgan fingerprint density at radius 2 is 2.13 bits per heavy atom. The van der Waals surface area contributed by atoms with Crippen LogP contribution in [0.15, 0.2) is 0 Å². The van der Waals surface area contributed by atoms with Crippen LogP contribution in [0.4, 0.5) is 0 Å². The molecule has 2 aliphatic rings. The highest BCUT2D eigenvalue weighted by molar-refractivity contribution is 9.09. The van der Waals surface area contributed by atoms with E-state index in [4.69, 9.17) is 0 Å². The first-order valence-electron chi connectivity index (χ1n) is 6.10. The highest BCUT2D eigenvalue weighted by atomic mass is 79.9. The summed E-state index contributed by atoms with van der Waals surface area (Å²) >= 11 is 3.70. The van der Waals surface area contributed by atoms with Gasteiger partial charge in [0.15, 0.2) is 0 Å². The lowest BCUT2D eigenvalue weighted by molar-refractivity contribution is 0.101. The summed E-state index contributed by atoms with van der Waals surface area (Å²) in [7, 11) is 4.41. The molecule has 1 atom stereocenters. The van der Waals surface area contributed by atoms with Crippen molar-refractivity contribution < 1.29 is 0 Å². The van der Waals surface area contributed by atoms with E-state index in [0.29, 0.717) is 5.41 Å². The smallest absolute Gasteiger partial charge is 0.0229 e. The average Bonchev–Trinajstić information content (AvgIpc) is 2.59. The summed E-state index contributed by atoms with van der Waals surface area (Å²) in [5.74, 6) is 0. The van der Waals surface area contributed by atoms with Crippen LogP contribution in [-0.2, 0) is 0 Å². The predicted molar refractivity (Wildman–Crippen MR) is 68.6 cm³/mol. The Kier molecular flexibility index (Phi) is 3.74. The maximum absolute atomic E-state index is 3.70. The van der Waals surface area contributed by atoms with E-state index >= 15 is 0 Å². The minimum atomic E-state index is 0.626. The third kappa shape index (κ3) is 2.56. The number of likely N-dealkylation sites (N-methyl/N-ethyl adjacent to an activating group) is 1. The number of alkyl halides is 1. The molecule has 2 nitrogen and oxygen atoms in total. The molecule has 0 spiro atoms. The zero-order valence-electron chi connectivity index (χ0n) is 10.0. The Bertz CT molecular complexity index is 208. The number of nitrogens with zero attached hydrogens (tertiary/aromatic N) is 2. The maximum Gasteiger partial charge on any atom is 0.0229 e. The topological polar surface area (TPSA) is 6.48 Å². The number of halogens is 1. The monoisotopic (exact) mass is 274 g/mol. The molecule has 0 aromatic carbocycles. The van der Waals surface area contributed by atoms with Gasteiger partial charge in [-0.1, -0.05) is 22.4 Å². The van der Waals surface area contributed by atoms with Gasteiger partial charge >= 0.3 is 0 Å². The van der Waals surface area contributed by atoms with Gasteiger partial charge in [-0.15, -0.1) is 0 Å². The number of hydrogen-bond donors (Lipinski definition) is 0. The molecule has 0 radical (unpaired) electrons. The Balaban J connectivity index is 1.81. The van der Waals surface area contributed by atoms with E-state index in [2.05, 4.69) is 39.8 Å². The minimum Gasteiger partial charge on any atom is -0.305 e. The van der Waals surface area contributed by atoms with E-state index in [-0.39, 0.29) is 0 Å². The molecule has 1 aliphatic carbocycles. The summed E-state index contributed by atoms with van der Waals surface area (Å²) < 4.78 is 0. The molecule has 0 N–H and O–H groups in total. The largest absolute Gasteiger partial charge is 0.305 e. The van der Waals surface area contributed by atoms with Crippen molar-refractivity contribution in [1.82, 2.24) is 9.80 Å². The third-order valence-electron chi connectivity index (χ3n) is 4.23. The molecule has 3 heteroatoms. The Morgan fingerprint density at radius 1 is 1.40 bits per heavy atom. The third-order valence-corrected chi connectivity index (χ3v) is 5.42. The fraction of sp³-hybridized carbons (Fsp3) is 1.00. The maximum atomic E-state index is 3.70. The Labute approximate surface area is 102 Å². The zero-order chi connectivity index (χ0) is 10.9. The average molecular weight is 275 g/mol. The Hall–Kier alpha value is 0.400. The van der Waals surface area contributed by atoms with E-state index in [1.807, 2.05) is 0 Å². The van der Waals surface area contributed by atoms with Gasteiger partial charge in [0.1, 0.15) is 0 Å². The lowest BCUT2D eigenvalue weighted by atomic mass is 9.70. The van der Waals surface area contributed by atoms with Crippen LogP contribution >= 0.6 is 15.9 Å². The van der Waals surface area contributed by atoms with Crippen LogP contribution in [0.3, 0.4) is 0 Å². The van der Waals surface area contributed by atoms with Crippen molar-refractivity contribution in [3.63, 3.8) is 0 Å². The number of hydrogen-bond acceptors (Lipinski definition) is 2. The highest BCUT2D eigenvalue weighted by Gasteiger charge is 2.39. The van der Waals surface area contributed by atoms with Crippen molar-refractivity contribution in [2.45, 2.75) is 31.7 Å². The van der Waals surface area contributed by atoms with Gasteiger partial charge in [0.2, 0.25) is 0 Å². The molecule has 0 bridgehead atoms. The van der Waals surface area contributed by atoms with Gasteiger partial charge < -0.3 is 9.80 Å². The summed E-state index contributed by atoms with van der Waals surface area (Å²) in [5.41, 5.74) is 0.626. The fourth-order valence-electron chi connectivity index (χ4n) is 2.86. The Morgan fingerprint density at radius 3 is 2.53 bits per heavy atom. The predicted octanol–water partition coefficient (Wildman–Crippen LogP) is 2.19. The van der Waals surface area contributed by atoms with E-state index < -0.39 is 0 Å². The van der Waals surface area contributed by atoms with Gasteiger partial charge in [-0.2, -0.15) is 0 Å². The zero-order valence-corrected chi connectivity index (χ0v) is 11.6. The second kappa shape index (κ2) is 4.72. The number of likely N-dealkylation sites (tertiary alicyclic amines) is 1. The molecule has 0 aromatic rings. The van der Waals surface area contributed by atoms with Crippen molar-refractivity contribution in [2.24, 2.45) is 5.41 Å². The van der Waals surface area contributed by atoms with Crippen LogP contribution in [-0.4, -0.2) is 54.9 Å². The first-order chi connectivity index (χ1) is 7.15. The summed E-state index contributed by atoms with van der Waals surface area (Å²) in [6.45, 7) is 3.90. The van der Waals surface area contributed by atoms with Gasteiger partial charge in [0.05, 0.1) is 0 Å². The molecular weight excluding hydrogens is 252 g/mol. The standard InChI is InChI=1S/C12H23BrN2/c1-14(2)11-4-7-15(8-11)10-12(9-13)5-3-6-12/h11H,3-10H2,1-2H3. The summed E-state index contributed by atoms with van der Waals surface area (Å²) in [6, 6.07) is 0.789. The molecule has 1 heterocycles. The molecular formula is C12H23BrN2. The first-order valence-corrected chi connectivity index (χ1v) is 7.22. The normalized spacial score (nSPS) is 30.8. The number of rotatable bonds is 4. The van der Waals surface area contributed by atoms with Crippen LogP contribution in [0.5, 0.6) is 0 Å². The molecule has 2 fully saturated rings. The quantitative estimate of drug-likeness (QED) is 0.726. The minimum absolute atomic E-state index is 0.626. The van der Waals surface area contributed by atoms with E-state index in [9.17, 15) is 0 Å². The summed E-state index contributed by atoms with van der Waals surface area (Å²) in [4.78, 5) is 5.05. The highest BCUT2D eigenvalue weighted by Crippen LogP contribution is 2.43. The molecule has 2 rings (SSSR count). The van der Waals surface area contributed by atoms with Gasteiger partial charge in [-0.25, -0.2) is 0 Å². The van der Waals surface area contributed by atoms with E-state index in [1.54, 1.807) is 0 Å². The lowest BCUT2D eigenvalue weighted by Gasteiger charge is -2.43. The molecule has 1 aliphatic heterocycles. The molecule has 15 heavy (non-hydrogen) atoms. The SMILES string of the molecule is CN(C)C1CCN(CC2(CBr)CCC2)C1. The van der Waals surface area contributed by atoms with E-state index in [0.717, 1.165) is 6.04 Å². The molecule has 88 valence electrons. The van der Waals surface area contributed by atoms with Crippen molar-refractivity contribution in [3.05, 3.63) is 0 Å². The summed E-state index contributed by atoms with van der Waals surface area (Å²) in [5, 5.41) is 1.20. The second-order valence-corrected chi connectivity index (χ2v) is 6.19. The van der Waals surface area contributed by atoms with Crippen LogP contribution in [0, 0.1) is 5.41 Å². The van der Waals surface area contributed by atoms with Crippen molar-refractivity contribution in [1.29, 1.82) is 0 Å². The van der Waals surface area contributed by atoms with Crippen molar-refractivity contribution in [3.8, 4) is 0 Å². The van der Waals surface area contributed by atoms with Crippen LogP contribution in [0.2, 0.25) is 0 Å². The molecule has 1 saturated carbocycles. The molecule has 1 saturated heterocycles. The molecule has 0 amide bonds. The van der Waals surface area contributed by atoms with Crippen LogP contribution in [0.25, 0.3) is 0 Å². The fourth-order valence-corrected chi connectivity index (χ4v) is 3.60. The van der Waals surface area contributed by atoms with Gasteiger partial charge in [0, 0.05) is 24.5 Å². The van der Waals surface area contributed by atoms with E-state index in [1.165, 1.54) is 50.6 Å². The molecule has 1 unspecified atom stereocenters. The van der Waals surface area contributed by atoms with Gasteiger partial charge in [-0.05, 0) is 45.3 Å². The molecule has 0 aromatic heterocycles. The second-order valence-electron chi connectivity index (χ2n) is 5.63. The van der Waals surface area contributed by atoms with Gasteiger partial charge in [0.25, 0.3) is 0 Å². The van der Waals surface area contributed by atoms with Crippen LogP contribution < -0.4 is 0 Å². The van der Waals surface area contributed by atoms with Crippen molar-refractivity contribution >= 4 is 15.9 Å². The van der Waals surface area contributed by atoms with Crippen LogP contribution in [0.1, 0.15) is 25.7 Å².